The van der Waals surface area contributed by atoms with Crippen LogP contribution in [-0.2, 0) is 0 Å². The van der Waals surface area contributed by atoms with Crippen LogP contribution in [0.5, 0.6) is 0 Å². The van der Waals surface area contributed by atoms with Crippen LogP contribution in [0.4, 0.5) is 5.82 Å². The highest BCUT2D eigenvalue weighted by Crippen LogP contribution is 2.21. The number of hydrogen-bond donors (Lipinski definition) is 0. The number of piperazine rings is 1. The number of aromatic nitrogens is 1. The van der Waals surface area contributed by atoms with Gasteiger partial charge >= 0.3 is 0 Å². The molecule has 1 aromatic carbocycles. The Bertz CT molecular complexity index is 650. The quantitative estimate of drug-likeness (QED) is 0.844. The molecule has 2 heterocycles. The number of halogens is 2. The van der Waals surface area contributed by atoms with E-state index in [1.807, 2.05) is 23.1 Å². The van der Waals surface area contributed by atoms with E-state index in [0.717, 1.165) is 18.9 Å². The van der Waals surface area contributed by atoms with Crippen LogP contribution in [0.25, 0.3) is 0 Å². The van der Waals surface area contributed by atoms with E-state index in [0.29, 0.717) is 28.7 Å². The summed E-state index contributed by atoms with van der Waals surface area (Å²) in [6.45, 7) is 2.83. The highest BCUT2D eigenvalue weighted by atomic mass is 35.5. The fourth-order valence-electron chi connectivity index (χ4n) is 2.54. The number of pyridine rings is 1. The minimum atomic E-state index is -0.0370. The summed E-state index contributed by atoms with van der Waals surface area (Å²) in [4.78, 5) is 20.9. The van der Waals surface area contributed by atoms with E-state index < -0.39 is 0 Å². The molecule has 0 bridgehead atoms. The average Bonchev–Trinajstić information content (AvgIpc) is 2.54. The van der Waals surface area contributed by atoms with Crippen molar-refractivity contribution in [2.45, 2.75) is 0 Å². The predicted octanol–water partition coefficient (Wildman–Crippen LogP) is 3.35. The summed E-state index contributed by atoms with van der Waals surface area (Å²) in [7, 11) is 0. The Hall–Kier alpha value is -1.78. The van der Waals surface area contributed by atoms with E-state index in [1.165, 1.54) is 0 Å². The van der Waals surface area contributed by atoms with Crippen molar-refractivity contribution in [3.63, 3.8) is 0 Å². The number of carbonyl (C=O) groups is 1. The van der Waals surface area contributed by atoms with Gasteiger partial charge in [-0.25, -0.2) is 4.98 Å². The molecule has 0 unspecified atom stereocenters. The van der Waals surface area contributed by atoms with Gasteiger partial charge in [0.1, 0.15) is 5.82 Å². The summed E-state index contributed by atoms with van der Waals surface area (Å²) in [6, 6.07) is 10.8. The summed E-state index contributed by atoms with van der Waals surface area (Å²) in [6.07, 6.45) is 1.78. The van der Waals surface area contributed by atoms with Gasteiger partial charge < -0.3 is 9.80 Å². The lowest BCUT2D eigenvalue weighted by atomic mass is 10.2. The van der Waals surface area contributed by atoms with E-state index in [-0.39, 0.29) is 5.91 Å². The van der Waals surface area contributed by atoms with Gasteiger partial charge in [-0.2, -0.15) is 0 Å². The molecule has 0 saturated carbocycles. The topological polar surface area (TPSA) is 36.4 Å². The summed E-state index contributed by atoms with van der Waals surface area (Å²) in [5.41, 5.74) is 0.531. The third kappa shape index (κ3) is 3.34. The molecular formula is C16H15Cl2N3O. The normalized spacial score (nSPS) is 15.0. The first kappa shape index (κ1) is 15.1. The van der Waals surface area contributed by atoms with Gasteiger partial charge in [0, 0.05) is 48.0 Å². The van der Waals surface area contributed by atoms with Gasteiger partial charge in [-0.3, -0.25) is 4.79 Å². The molecule has 0 atom stereocenters. The summed E-state index contributed by atoms with van der Waals surface area (Å²) in [5, 5.41) is 0.950. The second-order valence-corrected chi connectivity index (χ2v) is 6.00. The summed E-state index contributed by atoms with van der Waals surface area (Å²) >= 11 is 11.9. The van der Waals surface area contributed by atoms with Crippen molar-refractivity contribution >= 4 is 34.9 Å². The highest BCUT2D eigenvalue weighted by molar-refractivity contribution is 6.35. The molecule has 2 aromatic rings. The molecule has 1 aromatic heterocycles. The maximum absolute atomic E-state index is 12.5. The zero-order valence-electron chi connectivity index (χ0n) is 11.9. The largest absolute Gasteiger partial charge is 0.353 e. The van der Waals surface area contributed by atoms with Crippen LogP contribution in [0.1, 0.15) is 10.4 Å². The van der Waals surface area contributed by atoms with Crippen LogP contribution < -0.4 is 4.90 Å². The van der Waals surface area contributed by atoms with E-state index in [2.05, 4.69) is 9.88 Å². The monoisotopic (exact) mass is 335 g/mol. The molecule has 1 saturated heterocycles. The molecular weight excluding hydrogens is 321 g/mol. The Kier molecular flexibility index (Phi) is 4.50. The number of anilines is 1. The number of carbonyl (C=O) groups excluding carboxylic acids is 1. The Morgan fingerprint density at radius 3 is 2.27 bits per heavy atom. The molecule has 0 spiro atoms. The van der Waals surface area contributed by atoms with Crippen LogP contribution >= 0.6 is 23.2 Å². The van der Waals surface area contributed by atoms with Gasteiger partial charge in [0.15, 0.2) is 0 Å². The molecule has 1 aliphatic heterocycles. The van der Waals surface area contributed by atoms with Gasteiger partial charge in [-0.05, 0) is 30.3 Å². The van der Waals surface area contributed by atoms with Crippen molar-refractivity contribution in [1.29, 1.82) is 0 Å². The number of nitrogens with zero attached hydrogens (tertiary/aromatic N) is 3. The van der Waals surface area contributed by atoms with Crippen molar-refractivity contribution in [3.05, 3.63) is 58.2 Å². The lowest BCUT2D eigenvalue weighted by Gasteiger charge is -2.35. The van der Waals surface area contributed by atoms with Crippen molar-refractivity contribution in [1.82, 2.24) is 9.88 Å². The third-order valence-corrected chi connectivity index (χ3v) is 4.09. The average molecular weight is 336 g/mol. The van der Waals surface area contributed by atoms with Crippen molar-refractivity contribution in [3.8, 4) is 0 Å². The number of amides is 1. The first-order chi connectivity index (χ1) is 10.6. The first-order valence-corrected chi connectivity index (χ1v) is 7.80. The standard InChI is InChI=1S/C16H15Cl2N3O/c17-13-9-12(10-14(18)11-13)16(22)21-7-5-20(6-8-21)15-3-1-2-4-19-15/h1-4,9-11H,5-8H2. The van der Waals surface area contributed by atoms with Crippen LogP contribution in [0.2, 0.25) is 10.0 Å². The predicted molar refractivity (Wildman–Crippen MR) is 88.8 cm³/mol. The van der Waals surface area contributed by atoms with Crippen molar-refractivity contribution < 1.29 is 4.79 Å². The Labute approximate surface area is 139 Å². The van der Waals surface area contributed by atoms with Gasteiger partial charge in [-0.1, -0.05) is 29.3 Å². The Balaban J connectivity index is 1.67. The minimum absolute atomic E-state index is 0.0370. The zero-order chi connectivity index (χ0) is 15.5. The molecule has 22 heavy (non-hydrogen) atoms. The van der Waals surface area contributed by atoms with E-state index in [1.54, 1.807) is 24.4 Å². The highest BCUT2D eigenvalue weighted by Gasteiger charge is 2.23. The van der Waals surface area contributed by atoms with Crippen LogP contribution in [0.15, 0.2) is 42.6 Å². The lowest BCUT2D eigenvalue weighted by Crippen LogP contribution is -2.49. The van der Waals surface area contributed by atoms with Crippen molar-refractivity contribution in [2.75, 3.05) is 31.1 Å². The molecule has 3 rings (SSSR count). The Morgan fingerprint density at radius 2 is 1.68 bits per heavy atom. The van der Waals surface area contributed by atoms with Gasteiger partial charge in [0.05, 0.1) is 0 Å². The van der Waals surface area contributed by atoms with Crippen LogP contribution in [-0.4, -0.2) is 42.0 Å². The number of benzene rings is 1. The second-order valence-electron chi connectivity index (χ2n) is 5.13. The van der Waals surface area contributed by atoms with Crippen molar-refractivity contribution in [2.24, 2.45) is 0 Å². The van der Waals surface area contributed by atoms with Crippen LogP contribution in [0, 0.1) is 0 Å². The van der Waals surface area contributed by atoms with E-state index >= 15 is 0 Å². The SMILES string of the molecule is O=C(c1cc(Cl)cc(Cl)c1)N1CCN(c2ccccn2)CC1. The fourth-order valence-corrected chi connectivity index (χ4v) is 3.07. The maximum atomic E-state index is 12.5. The number of rotatable bonds is 2. The summed E-state index contributed by atoms with van der Waals surface area (Å²) in [5.74, 6) is 0.908. The summed E-state index contributed by atoms with van der Waals surface area (Å²) < 4.78 is 0. The molecule has 6 heteroatoms. The van der Waals surface area contributed by atoms with E-state index in [4.69, 9.17) is 23.2 Å². The molecule has 1 fully saturated rings. The molecule has 114 valence electrons. The number of hydrogen-bond acceptors (Lipinski definition) is 3. The molecule has 0 radical (unpaired) electrons. The molecule has 4 nitrogen and oxygen atoms in total. The van der Waals surface area contributed by atoms with E-state index in [9.17, 15) is 4.79 Å². The zero-order valence-corrected chi connectivity index (χ0v) is 13.4. The molecule has 1 amide bonds. The smallest absolute Gasteiger partial charge is 0.254 e. The molecule has 1 aliphatic rings. The first-order valence-electron chi connectivity index (χ1n) is 7.05. The Morgan fingerprint density at radius 1 is 1.00 bits per heavy atom. The second kappa shape index (κ2) is 6.55. The minimum Gasteiger partial charge on any atom is -0.353 e. The lowest BCUT2D eigenvalue weighted by molar-refractivity contribution is 0.0746. The van der Waals surface area contributed by atoms with Gasteiger partial charge in [0.2, 0.25) is 0 Å². The molecule has 0 aliphatic carbocycles. The van der Waals surface area contributed by atoms with Crippen LogP contribution in [0.3, 0.4) is 0 Å². The third-order valence-electron chi connectivity index (χ3n) is 3.65. The molecule has 0 N–H and O–H groups in total. The maximum Gasteiger partial charge on any atom is 0.254 e. The van der Waals surface area contributed by atoms with Gasteiger partial charge in [-0.15, -0.1) is 0 Å². The fraction of sp³-hybridized carbons (Fsp3) is 0.250. The van der Waals surface area contributed by atoms with Gasteiger partial charge in [0.25, 0.3) is 5.91 Å².